The molecule has 0 aromatic heterocycles. The van der Waals surface area contributed by atoms with Crippen LogP contribution in [0.25, 0.3) is 0 Å². The van der Waals surface area contributed by atoms with Crippen molar-refractivity contribution in [1.29, 1.82) is 0 Å². The van der Waals surface area contributed by atoms with Crippen LogP contribution in [0.5, 0.6) is 5.75 Å². The van der Waals surface area contributed by atoms with Gasteiger partial charge >= 0.3 is 18.2 Å². The summed E-state index contributed by atoms with van der Waals surface area (Å²) in [5, 5.41) is 0. The Hall–Kier alpha value is -2.81. The zero-order chi connectivity index (χ0) is 22.3. The Bertz CT molecular complexity index is 736. The second-order valence-corrected chi connectivity index (χ2v) is 8.03. The molecule has 0 spiro atoms. The van der Waals surface area contributed by atoms with E-state index in [0.29, 0.717) is 45.0 Å². The maximum absolute atomic E-state index is 12.3. The number of carbonyl (C=O) groups excluding carboxylic acids is 3. The number of esters is 1. The Labute approximate surface area is 177 Å². The van der Waals surface area contributed by atoms with Gasteiger partial charge in [-0.15, -0.1) is 0 Å². The Morgan fingerprint density at radius 3 is 2.03 bits per heavy atom. The Kier molecular flexibility index (Phi) is 8.05. The van der Waals surface area contributed by atoms with Gasteiger partial charge in [-0.2, -0.15) is 0 Å². The van der Waals surface area contributed by atoms with Crippen molar-refractivity contribution in [2.24, 2.45) is 5.73 Å². The van der Waals surface area contributed by atoms with E-state index in [0.717, 1.165) is 5.56 Å². The highest BCUT2D eigenvalue weighted by molar-refractivity contribution is 5.76. The maximum atomic E-state index is 12.3. The summed E-state index contributed by atoms with van der Waals surface area (Å²) in [5.74, 6) is -0.0672. The monoisotopic (exact) mass is 421 g/mol. The van der Waals surface area contributed by atoms with Gasteiger partial charge in [-0.1, -0.05) is 12.1 Å². The fraction of sp³-hybridized carbons (Fsp3) is 0.571. The molecule has 1 aromatic carbocycles. The van der Waals surface area contributed by atoms with E-state index in [-0.39, 0.29) is 6.09 Å². The Balaban J connectivity index is 1.82. The van der Waals surface area contributed by atoms with E-state index in [1.807, 2.05) is 0 Å². The van der Waals surface area contributed by atoms with E-state index in [1.165, 1.54) is 0 Å². The lowest BCUT2D eigenvalue weighted by molar-refractivity contribution is -0.156. The molecular formula is C21H31N3O6. The van der Waals surface area contributed by atoms with Crippen molar-refractivity contribution < 1.29 is 28.6 Å². The minimum Gasteiger partial charge on any atom is -0.459 e. The van der Waals surface area contributed by atoms with Crippen molar-refractivity contribution in [3.63, 3.8) is 0 Å². The van der Waals surface area contributed by atoms with Gasteiger partial charge in [0.25, 0.3) is 0 Å². The molecule has 30 heavy (non-hydrogen) atoms. The fourth-order valence-electron chi connectivity index (χ4n) is 2.86. The molecule has 1 heterocycles. The van der Waals surface area contributed by atoms with Crippen molar-refractivity contribution in [3.8, 4) is 5.75 Å². The number of piperazine rings is 1. The standard InChI is InChI=1S/C21H31N3O6/c1-5-28-19(26)23-10-12-24(13-11-23)20(27)29-16-8-6-15(7-9-16)14-17(22)18(25)30-21(2,3)4/h6-9,17H,5,10-14,22H2,1-4H3/t17-/m0/s1. The predicted octanol–water partition coefficient (Wildman–Crippen LogP) is 2.17. The van der Waals surface area contributed by atoms with E-state index >= 15 is 0 Å². The summed E-state index contributed by atoms with van der Waals surface area (Å²) < 4.78 is 15.6. The summed E-state index contributed by atoms with van der Waals surface area (Å²) in [6.07, 6.45) is -0.527. The smallest absolute Gasteiger partial charge is 0.415 e. The molecule has 1 saturated heterocycles. The third-order valence-corrected chi connectivity index (χ3v) is 4.36. The van der Waals surface area contributed by atoms with Gasteiger partial charge in [0.1, 0.15) is 17.4 Å². The zero-order valence-corrected chi connectivity index (χ0v) is 18.1. The first-order valence-electron chi connectivity index (χ1n) is 10.0. The number of hydrogen-bond donors (Lipinski definition) is 1. The van der Waals surface area contributed by atoms with Gasteiger partial charge in [-0.3, -0.25) is 4.79 Å². The van der Waals surface area contributed by atoms with Crippen molar-refractivity contribution in [3.05, 3.63) is 29.8 Å². The van der Waals surface area contributed by atoms with Crippen LogP contribution in [0.3, 0.4) is 0 Å². The Morgan fingerprint density at radius 1 is 1.00 bits per heavy atom. The number of rotatable bonds is 5. The molecule has 2 amide bonds. The summed E-state index contributed by atoms with van der Waals surface area (Å²) in [4.78, 5) is 39.2. The van der Waals surface area contributed by atoms with Gasteiger partial charge in [-0.25, -0.2) is 9.59 Å². The van der Waals surface area contributed by atoms with Crippen molar-refractivity contribution in [2.45, 2.75) is 45.8 Å². The summed E-state index contributed by atoms with van der Waals surface area (Å²) in [6.45, 7) is 8.99. The molecule has 0 radical (unpaired) electrons. The minimum atomic E-state index is -0.770. The van der Waals surface area contributed by atoms with Crippen LogP contribution in [0.4, 0.5) is 9.59 Å². The molecule has 0 bridgehead atoms. The first kappa shape index (κ1) is 23.5. The molecule has 2 rings (SSSR count). The summed E-state index contributed by atoms with van der Waals surface area (Å²) in [7, 11) is 0. The largest absolute Gasteiger partial charge is 0.459 e. The number of nitrogens with zero attached hydrogens (tertiary/aromatic N) is 2. The molecule has 1 aliphatic heterocycles. The van der Waals surface area contributed by atoms with Crippen LogP contribution in [-0.2, 0) is 20.7 Å². The molecule has 9 nitrogen and oxygen atoms in total. The van der Waals surface area contributed by atoms with E-state index in [4.69, 9.17) is 19.9 Å². The number of carbonyl (C=O) groups is 3. The van der Waals surface area contributed by atoms with Gasteiger partial charge in [0, 0.05) is 26.2 Å². The van der Waals surface area contributed by atoms with Crippen molar-refractivity contribution >= 4 is 18.2 Å². The first-order valence-corrected chi connectivity index (χ1v) is 10.0. The summed E-state index contributed by atoms with van der Waals surface area (Å²) >= 11 is 0. The van der Waals surface area contributed by atoms with Crippen LogP contribution in [0, 0.1) is 0 Å². The van der Waals surface area contributed by atoms with Crippen LogP contribution >= 0.6 is 0 Å². The van der Waals surface area contributed by atoms with Gasteiger partial charge in [0.05, 0.1) is 6.61 Å². The molecule has 9 heteroatoms. The molecule has 1 aromatic rings. The lowest BCUT2D eigenvalue weighted by Gasteiger charge is -2.33. The van der Waals surface area contributed by atoms with E-state index in [2.05, 4.69) is 0 Å². The topological polar surface area (TPSA) is 111 Å². The number of nitrogens with two attached hydrogens (primary N) is 1. The molecule has 2 N–H and O–H groups in total. The van der Waals surface area contributed by atoms with Crippen LogP contribution in [-0.4, -0.2) is 72.4 Å². The fourth-order valence-corrected chi connectivity index (χ4v) is 2.86. The normalized spacial score (nSPS) is 15.4. The number of amides is 2. The maximum Gasteiger partial charge on any atom is 0.415 e. The summed E-state index contributed by atoms with van der Waals surface area (Å²) in [5.41, 5.74) is 6.16. The molecule has 0 unspecified atom stereocenters. The lowest BCUT2D eigenvalue weighted by atomic mass is 10.1. The lowest BCUT2D eigenvalue weighted by Crippen LogP contribution is -2.51. The highest BCUT2D eigenvalue weighted by Crippen LogP contribution is 2.16. The summed E-state index contributed by atoms with van der Waals surface area (Å²) in [6, 6.07) is 6.05. The first-order chi connectivity index (χ1) is 14.1. The van der Waals surface area contributed by atoms with Gasteiger partial charge in [0.2, 0.25) is 0 Å². The molecule has 1 atom stereocenters. The molecule has 166 valence electrons. The van der Waals surface area contributed by atoms with Crippen LogP contribution in [0.15, 0.2) is 24.3 Å². The van der Waals surface area contributed by atoms with Gasteiger partial charge in [0.15, 0.2) is 0 Å². The molecule has 0 saturated carbocycles. The number of ether oxygens (including phenoxy) is 3. The second kappa shape index (κ2) is 10.3. The third-order valence-electron chi connectivity index (χ3n) is 4.36. The van der Waals surface area contributed by atoms with E-state index in [1.54, 1.807) is 61.8 Å². The molecular weight excluding hydrogens is 390 g/mol. The molecule has 1 aliphatic rings. The average molecular weight is 421 g/mol. The van der Waals surface area contributed by atoms with Crippen LogP contribution < -0.4 is 10.5 Å². The highest BCUT2D eigenvalue weighted by atomic mass is 16.6. The van der Waals surface area contributed by atoms with Gasteiger partial charge in [-0.05, 0) is 51.8 Å². The average Bonchev–Trinajstić information content (AvgIpc) is 2.68. The van der Waals surface area contributed by atoms with Crippen LogP contribution in [0.2, 0.25) is 0 Å². The van der Waals surface area contributed by atoms with Crippen molar-refractivity contribution in [2.75, 3.05) is 32.8 Å². The van der Waals surface area contributed by atoms with Crippen LogP contribution in [0.1, 0.15) is 33.3 Å². The minimum absolute atomic E-state index is 0.318. The zero-order valence-electron chi connectivity index (χ0n) is 18.1. The number of hydrogen-bond acceptors (Lipinski definition) is 7. The highest BCUT2D eigenvalue weighted by Gasteiger charge is 2.26. The Morgan fingerprint density at radius 2 is 1.53 bits per heavy atom. The van der Waals surface area contributed by atoms with Gasteiger partial charge < -0.3 is 29.7 Å². The molecule has 0 aliphatic carbocycles. The van der Waals surface area contributed by atoms with E-state index in [9.17, 15) is 14.4 Å². The predicted molar refractivity (Wildman–Crippen MR) is 110 cm³/mol. The second-order valence-electron chi connectivity index (χ2n) is 8.03. The van der Waals surface area contributed by atoms with Crippen molar-refractivity contribution in [1.82, 2.24) is 9.80 Å². The molecule has 1 fully saturated rings. The quantitative estimate of drug-likeness (QED) is 0.725. The number of benzene rings is 1. The van der Waals surface area contributed by atoms with E-state index < -0.39 is 23.7 Å². The third kappa shape index (κ3) is 7.22. The SMILES string of the molecule is CCOC(=O)N1CCN(C(=O)Oc2ccc(C[C@H](N)C(=O)OC(C)(C)C)cc2)CC1.